The van der Waals surface area contributed by atoms with Crippen LogP contribution in [0.1, 0.15) is 19.4 Å². The van der Waals surface area contributed by atoms with E-state index in [1.807, 2.05) is 38.1 Å². The minimum atomic E-state index is -0.0821. The summed E-state index contributed by atoms with van der Waals surface area (Å²) in [5.41, 5.74) is 0.842. The summed E-state index contributed by atoms with van der Waals surface area (Å²) in [4.78, 5) is 14.1. The monoisotopic (exact) mass is 323 g/mol. The molecule has 0 radical (unpaired) electrons. The van der Waals surface area contributed by atoms with Gasteiger partial charge in [-0.25, -0.2) is 0 Å². The van der Waals surface area contributed by atoms with Crippen molar-refractivity contribution < 1.29 is 14.3 Å². The third-order valence-corrected chi connectivity index (χ3v) is 4.35. The van der Waals surface area contributed by atoms with Crippen molar-refractivity contribution in [1.82, 2.24) is 4.90 Å². The maximum absolute atomic E-state index is 12.0. The maximum Gasteiger partial charge on any atom is 0.265 e. The summed E-state index contributed by atoms with van der Waals surface area (Å²) in [7, 11) is 1.68. The van der Waals surface area contributed by atoms with Gasteiger partial charge in [-0.1, -0.05) is 24.0 Å². The van der Waals surface area contributed by atoms with Crippen LogP contribution in [0, 0.1) is 0 Å². The lowest BCUT2D eigenvalue weighted by Gasteiger charge is -2.10. The van der Waals surface area contributed by atoms with Gasteiger partial charge in [0.15, 0.2) is 0 Å². The molecule has 0 aliphatic carbocycles. The minimum Gasteiger partial charge on any atom is -0.494 e. The molecule has 21 heavy (non-hydrogen) atoms. The van der Waals surface area contributed by atoms with Crippen molar-refractivity contribution in [3.05, 3.63) is 28.7 Å². The molecular formula is C15H17NO3S2. The van der Waals surface area contributed by atoms with Crippen molar-refractivity contribution in [2.45, 2.75) is 13.8 Å². The van der Waals surface area contributed by atoms with Gasteiger partial charge in [-0.05, 0) is 32.1 Å². The molecule has 0 N–H and O–H groups in total. The molecule has 1 fully saturated rings. The third-order valence-electron chi connectivity index (χ3n) is 2.87. The van der Waals surface area contributed by atoms with Crippen LogP contribution in [-0.4, -0.2) is 35.4 Å². The lowest BCUT2D eigenvalue weighted by molar-refractivity contribution is -0.121. The summed E-state index contributed by atoms with van der Waals surface area (Å²) < 4.78 is 11.7. The standard InChI is InChI=1S/C15H17NO3S2/c1-4-18-11-7-6-10(12(9-11)19-5-2)8-13-14(17)16(3)15(20)21-13/h6-9H,4-5H2,1-3H3. The first-order chi connectivity index (χ1) is 10.1. The molecular weight excluding hydrogens is 306 g/mol. The normalized spacial score (nSPS) is 16.7. The van der Waals surface area contributed by atoms with Gasteiger partial charge in [0.1, 0.15) is 15.8 Å². The Hall–Kier alpha value is -1.53. The number of amides is 1. The molecule has 1 saturated heterocycles. The van der Waals surface area contributed by atoms with Gasteiger partial charge >= 0.3 is 0 Å². The predicted octanol–water partition coefficient (Wildman–Crippen LogP) is 3.32. The number of benzene rings is 1. The highest BCUT2D eigenvalue weighted by atomic mass is 32.2. The van der Waals surface area contributed by atoms with Crippen molar-refractivity contribution in [2.75, 3.05) is 20.3 Å². The summed E-state index contributed by atoms with van der Waals surface area (Å²) in [6.45, 7) is 4.99. The van der Waals surface area contributed by atoms with Gasteiger partial charge in [-0.3, -0.25) is 9.69 Å². The second kappa shape index (κ2) is 6.95. The van der Waals surface area contributed by atoms with Crippen LogP contribution in [0.4, 0.5) is 0 Å². The van der Waals surface area contributed by atoms with Crippen molar-refractivity contribution >= 4 is 40.3 Å². The van der Waals surface area contributed by atoms with Crippen molar-refractivity contribution in [1.29, 1.82) is 0 Å². The van der Waals surface area contributed by atoms with Crippen LogP contribution in [0.2, 0.25) is 0 Å². The van der Waals surface area contributed by atoms with Crippen LogP contribution < -0.4 is 9.47 Å². The van der Waals surface area contributed by atoms with Crippen LogP contribution in [0.15, 0.2) is 23.1 Å². The molecule has 0 bridgehead atoms. The van der Waals surface area contributed by atoms with E-state index in [0.29, 0.717) is 28.2 Å². The van der Waals surface area contributed by atoms with Gasteiger partial charge in [0.2, 0.25) is 0 Å². The van der Waals surface area contributed by atoms with Crippen molar-refractivity contribution in [3.63, 3.8) is 0 Å². The lowest BCUT2D eigenvalue weighted by Crippen LogP contribution is -2.22. The second-order valence-electron chi connectivity index (χ2n) is 4.31. The molecule has 112 valence electrons. The number of hydrogen-bond donors (Lipinski definition) is 0. The Morgan fingerprint density at radius 3 is 2.57 bits per heavy atom. The molecule has 1 heterocycles. The Morgan fingerprint density at radius 2 is 2.00 bits per heavy atom. The van der Waals surface area contributed by atoms with Crippen LogP contribution in [-0.2, 0) is 4.79 Å². The van der Waals surface area contributed by atoms with E-state index < -0.39 is 0 Å². The molecule has 1 aromatic rings. The van der Waals surface area contributed by atoms with E-state index in [2.05, 4.69) is 0 Å². The Labute approximate surface area is 134 Å². The van der Waals surface area contributed by atoms with E-state index in [4.69, 9.17) is 21.7 Å². The molecule has 1 aliphatic rings. The van der Waals surface area contributed by atoms with E-state index >= 15 is 0 Å². The maximum atomic E-state index is 12.0. The first kappa shape index (κ1) is 15.9. The smallest absolute Gasteiger partial charge is 0.265 e. The Kier molecular flexibility index (Phi) is 5.25. The zero-order valence-electron chi connectivity index (χ0n) is 12.2. The lowest BCUT2D eigenvalue weighted by atomic mass is 10.1. The zero-order chi connectivity index (χ0) is 15.4. The van der Waals surface area contributed by atoms with Crippen LogP contribution >= 0.6 is 24.0 Å². The zero-order valence-corrected chi connectivity index (χ0v) is 13.8. The summed E-state index contributed by atoms with van der Waals surface area (Å²) >= 11 is 6.43. The number of nitrogens with zero attached hydrogens (tertiary/aromatic N) is 1. The molecule has 4 nitrogen and oxygen atoms in total. The minimum absolute atomic E-state index is 0.0821. The second-order valence-corrected chi connectivity index (χ2v) is 5.98. The topological polar surface area (TPSA) is 38.8 Å². The molecule has 0 unspecified atom stereocenters. The quantitative estimate of drug-likeness (QED) is 0.614. The van der Waals surface area contributed by atoms with E-state index in [-0.39, 0.29) is 5.91 Å². The van der Waals surface area contributed by atoms with E-state index in [1.165, 1.54) is 16.7 Å². The SMILES string of the molecule is CCOc1ccc(C=C2SC(=S)N(C)C2=O)c(OCC)c1. The molecule has 0 aromatic heterocycles. The first-order valence-electron chi connectivity index (χ1n) is 6.68. The van der Waals surface area contributed by atoms with E-state index in [0.717, 1.165) is 11.3 Å². The number of likely N-dealkylation sites (N-methyl/N-ethyl adjacent to an activating group) is 1. The number of ether oxygens (including phenoxy) is 2. The van der Waals surface area contributed by atoms with E-state index in [1.54, 1.807) is 7.05 Å². The fourth-order valence-electron chi connectivity index (χ4n) is 1.86. The highest BCUT2D eigenvalue weighted by molar-refractivity contribution is 8.26. The summed E-state index contributed by atoms with van der Waals surface area (Å²) in [5.74, 6) is 1.37. The van der Waals surface area contributed by atoms with Gasteiger partial charge in [0, 0.05) is 18.7 Å². The highest BCUT2D eigenvalue weighted by Crippen LogP contribution is 2.34. The molecule has 0 atom stereocenters. The number of hydrogen-bond acceptors (Lipinski definition) is 5. The number of carbonyl (C=O) groups excluding carboxylic acids is 1. The molecule has 0 saturated carbocycles. The fourth-order valence-corrected chi connectivity index (χ4v) is 3.03. The van der Waals surface area contributed by atoms with Gasteiger partial charge < -0.3 is 9.47 Å². The first-order valence-corrected chi connectivity index (χ1v) is 7.90. The number of carbonyl (C=O) groups is 1. The molecule has 1 aromatic carbocycles. The highest BCUT2D eigenvalue weighted by Gasteiger charge is 2.28. The van der Waals surface area contributed by atoms with Gasteiger partial charge in [0.25, 0.3) is 5.91 Å². The van der Waals surface area contributed by atoms with Gasteiger partial charge in [-0.15, -0.1) is 0 Å². The van der Waals surface area contributed by atoms with Crippen LogP contribution in [0.5, 0.6) is 11.5 Å². The van der Waals surface area contributed by atoms with E-state index in [9.17, 15) is 4.79 Å². The summed E-state index contributed by atoms with van der Waals surface area (Å²) in [6.07, 6.45) is 1.81. The Morgan fingerprint density at radius 1 is 1.29 bits per heavy atom. The van der Waals surface area contributed by atoms with Crippen LogP contribution in [0.3, 0.4) is 0 Å². The van der Waals surface area contributed by atoms with Crippen molar-refractivity contribution in [3.8, 4) is 11.5 Å². The number of thioether (sulfide) groups is 1. The summed E-state index contributed by atoms with van der Waals surface area (Å²) in [6, 6.07) is 5.59. The molecule has 1 amide bonds. The molecule has 1 aliphatic heterocycles. The molecule has 2 rings (SSSR count). The largest absolute Gasteiger partial charge is 0.494 e. The molecule has 0 spiro atoms. The van der Waals surface area contributed by atoms with Crippen LogP contribution in [0.25, 0.3) is 6.08 Å². The Bertz CT molecular complexity index is 599. The summed E-state index contributed by atoms with van der Waals surface area (Å²) in [5, 5.41) is 0. The Balaban J connectivity index is 2.35. The third kappa shape index (κ3) is 3.57. The predicted molar refractivity (Wildman–Crippen MR) is 89.7 cm³/mol. The average Bonchev–Trinajstić information content (AvgIpc) is 2.70. The van der Waals surface area contributed by atoms with Crippen molar-refractivity contribution in [2.24, 2.45) is 0 Å². The van der Waals surface area contributed by atoms with Gasteiger partial charge in [-0.2, -0.15) is 0 Å². The van der Waals surface area contributed by atoms with Gasteiger partial charge in [0.05, 0.1) is 18.1 Å². The number of thiocarbonyl (C=S) groups is 1. The molecule has 6 heteroatoms. The number of rotatable bonds is 5. The fraction of sp³-hybridized carbons (Fsp3) is 0.333. The average molecular weight is 323 g/mol.